The molecule has 0 aliphatic carbocycles. The van der Waals surface area contributed by atoms with E-state index in [1.807, 2.05) is 74.5 Å². The molecular formula is C30H29N3O4S. The van der Waals surface area contributed by atoms with Crippen LogP contribution in [-0.4, -0.2) is 27.1 Å². The number of benzene rings is 4. The molecule has 194 valence electrons. The molecular weight excluding hydrogens is 498 g/mol. The van der Waals surface area contributed by atoms with Gasteiger partial charge in [0, 0.05) is 0 Å². The fourth-order valence-electron chi connectivity index (χ4n) is 3.67. The van der Waals surface area contributed by atoms with E-state index in [2.05, 4.69) is 10.5 Å². The summed E-state index contributed by atoms with van der Waals surface area (Å²) in [6, 6.07) is 30.7. The second-order valence-electron chi connectivity index (χ2n) is 8.80. The van der Waals surface area contributed by atoms with Gasteiger partial charge in [0.2, 0.25) is 0 Å². The highest BCUT2D eigenvalue weighted by Crippen LogP contribution is 2.24. The van der Waals surface area contributed by atoms with Crippen LogP contribution in [0.1, 0.15) is 22.3 Å². The van der Waals surface area contributed by atoms with Crippen molar-refractivity contribution in [1.82, 2.24) is 5.43 Å². The fourth-order valence-corrected chi connectivity index (χ4v) is 5.08. The van der Waals surface area contributed by atoms with Gasteiger partial charge in [-0.05, 0) is 79.1 Å². The highest BCUT2D eigenvalue weighted by molar-refractivity contribution is 7.92. The van der Waals surface area contributed by atoms with E-state index < -0.39 is 22.5 Å². The van der Waals surface area contributed by atoms with E-state index in [0.29, 0.717) is 18.0 Å². The predicted molar refractivity (Wildman–Crippen MR) is 150 cm³/mol. The summed E-state index contributed by atoms with van der Waals surface area (Å²) in [6.07, 6.45) is 1.49. The highest BCUT2D eigenvalue weighted by atomic mass is 32.2. The molecule has 8 heteroatoms. The quantitative estimate of drug-likeness (QED) is 0.226. The zero-order chi connectivity index (χ0) is 27.0. The maximum absolute atomic E-state index is 13.5. The van der Waals surface area contributed by atoms with E-state index in [-0.39, 0.29) is 4.90 Å². The van der Waals surface area contributed by atoms with Crippen LogP contribution in [0.3, 0.4) is 0 Å². The van der Waals surface area contributed by atoms with E-state index in [0.717, 1.165) is 26.6 Å². The van der Waals surface area contributed by atoms with Crippen molar-refractivity contribution in [3.63, 3.8) is 0 Å². The van der Waals surface area contributed by atoms with Gasteiger partial charge in [-0.25, -0.2) is 13.8 Å². The summed E-state index contributed by atoms with van der Waals surface area (Å²) in [6.45, 7) is 3.78. The Morgan fingerprint density at radius 2 is 1.58 bits per heavy atom. The number of sulfonamides is 1. The standard InChI is InChI=1S/C30H29N3O4S/c1-23-11-17-29(18-12-23)38(35,36)33(27-10-6-7-24(2)19-27)21-30(34)32-31-20-25-13-15-28(16-14-25)37-22-26-8-4-3-5-9-26/h3-20H,21-22H2,1-2H3,(H,32,34)/b31-20-. The maximum atomic E-state index is 13.5. The van der Waals surface area contributed by atoms with Crippen molar-refractivity contribution >= 4 is 27.8 Å². The van der Waals surface area contributed by atoms with E-state index in [1.165, 1.54) is 18.3 Å². The van der Waals surface area contributed by atoms with E-state index >= 15 is 0 Å². The van der Waals surface area contributed by atoms with Crippen LogP contribution in [0.15, 0.2) is 113 Å². The zero-order valence-corrected chi connectivity index (χ0v) is 22.1. The fraction of sp³-hybridized carbons (Fsp3) is 0.133. The molecule has 0 bridgehead atoms. The number of hydrazone groups is 1. The number of carbonyl (C=O) groups is 1. The Morgan fingerprint density at radius 3 is 2.26 bits per heavy atom. The molecule has 0 aromatic heterocycles. The lowest BCUT2D eigenvalue weighted by molar-refractivity contribution is -0.119. The van der Waals surface area contributed by atoms with Gasteiger partial charge in [0.15, 0.2) is 0 Å². The lowest BCUT2D eigenvalue weighted by atomic mass is 10.2. The minimum atomic E-state index is -3.98. The van der Waals surface area contributed by atoms with Gasteiger partial charge in [0.1, 0.15) is 18.9 Å². The summed E-state index contributed by atoms with van der Waals surface area (Å²) >= 11 is 0. The zero-order valence-electron chi connectivity index (χ0n) is 21.2. The van der Waals surface area contributed by atoms with Gasteiger partial charge in [-0.3, -0.25) is 9.10 Å². The number of carbonyl (C=O) groups excluding carboxylic acids is 1. The van der Waals surface area contributed by atoms with Gasteiger partial charge >= 0.3 is 0 Å². The molecule has 0 fully saturated rings. The largest absolute Gasteiger partial charge is 0.489 e. The molecule has 4 aromatic carbocycles. The van der Waals surface area contributed by atoms with Crippen LogP contribution in [0.25, 0.3) is 0 Å². The van der Waals surface area contributed by atoms with E-state index in [4.69, 9.17) is 4.74 Å². The summed E-state index contributed by atoms with van der Waals surface area (Å²) in [4.78, 5) is 12.9. The smallest absolute Gasteiger partial charge is 0.264 e. The summed E-state index contributed by atoms with van der Waals surface area (Å²) in [5.74, 6) is 0.145. The third-order valence-corrected chi connectivity index (χ3v) is 7.51. The maximum Gasteiger partial charge on any atom is 0.264 e. The molecule has 0 spiro atoms. The van der Waals surface area contributed by atoms with E-state index in [1.54, 1.807) is 30.3 Å². The van der Waals surface area contributed by atoms with E-state index in [9.17, 15) is 13.2 Å². The first-order valence-electron chi connectivity index (χ1n) is 12.1. The molecule has 0 radical (unpaired) electrons. The molecule has 0 heterocycles. The summed E-state index contributed by atoms with van der Waals surface area (Å²) in [7, 11) is -3.98. The van der Waals surface area contributed by atoms with Crippen molar-refractivity contribution in [3.8, 4) is 5.75 Å². The number of rotatable bonds is 10. The lowest BCUT2D eigenvalue weighted by Crippen LogP contribution is -2.39. The SMILES string of the molecule is Cc1ccc(S(=O)(=O)N(CC(=O)N/N=C\c2ccc(OCc3ccccc3)cc2)c2cccc(C)c2)cc1. The molecule has 4 aromatic rings. The van der Waals surface area contributed by atoms with Crippen LogP contribution in [0.4, 0.5) is 5.69 Å². The van der Waals surface area contributed by atoms with Crippen LogP contribution in [-0.2, 0) is 21.4 Å². The van der Waals surface area contributed by atoms with Crippen molar-refractivity contribution < 1.29 is 17.9 Å². The lowest BCUT2D eigenvalue weighted by Gasteiger charge is -2.24. The summed E-state index contributed by atoms with van der Waals surface area (Å²) in [5, 5.41) is 4.01. The second kappa shape index (κ2) is 12.2. The van der Waals surface area contributed by atoms with Crippen molar-refractivity contribution in [2.75, 3.05) is 10.8 Å². The Morgan fingerprint density at radius 1 is 0.868 bits per heavy atom. The number of ether oxygens (including phenoxy) is 1. The molecule has 7 nitrogen and oxygen atoms in total. The van der Waals surface area contributed by atoms with Gasteiger partial charge in [0.25, 0.3) is 15.9 Å². The molecule has 4 rings (SSSR count). The molecule has 1 N–H and O–H groups in total. The summed E-state index contributed by atoms with van der Waals surface area (Å²) < 4.78 is 33.8. The average molecular weight is 528 g/mol. The Labute approximate surface area is 223 Å². The van der Waals surface area contributed by atoms with Crippen LogP contribution >= 0.6 is 0 Å². The number of aryl methyl sites for hydroxylation is 2. The molecule has 0 aliphatic rings. The highest BCUT2D eigenvalue weighted by Gasteiger charge is 2.27. The van der Waals surface area contributed by atoms with Crippen molar-refractivity contribution in [2.45, 2.75) is 25.3 Å². The topological polar surface area (TPSA) is 88.1 Å². The van der Waals surface area contributed by atoms with Gasteiger partial charge in [-0.15, -0.1) is 0 Å². The predicted octanol–water partition coefficient (Wildman–Crippen LogP) is 5.23. The first-order valence-corrected chi connectivity index (χ1v) is 13.5. The number of amides is 1. The third-order valence-electron chi connectivity index (χ3n) is 5.72. The molecule has 0 saturated heterocycles. The van der Waals surface area contributed by atoms with Gasteiger partial charge in [-0.2, -0.15) is 5.10 Å². The van der Waals surface area contributed by atoms with Crippen LogP contribution in [0.5, 0.6) is 5.75 Å². The first-order chi connectivity index (χ1) is 18.3. The minimum Gasteiger partial charge on any atom is -0.489 e. The van der Waals surface area contributed by atoms with Crippen LogP contribution in [0.2, 0.25) is 0 Å². The Hall–Kier alpha value is -4.43. The molecule has 38 heavy (non-hydrogen) atoms. The van der Waals surface area contributed by atoms with Crippen molar-refractivity contribution in [2.24, 2.45) is 5.10 Å². The summed E-state index contributed by atoms with van der Waals surface area (Å²) in [5.41, 5.74) is 6.47. The molecule has 0 atom stereocenters. The van der Waals surface area contributed by atoms with Crippen molar-refractivity contribution in [1.29, 1.82) is 0 Å². The van der Waals surface area contributed by atoms with Gasteiger partial charge in [0.05, 0.1) is 16.8 Å². The van der Waals surface area contributed by atoms with Gasteiger partial charge in [-0.1, -0.05) is 60.2 Å². The molecule has 0 saturated carbocycles. The second-order valence-corrected chi connectivity index (χ2v) is 10.7. The molecule has 0 unspecified atom stereocenters. The Balaban J connectivity index is 1.41. The monoisotopic (exact) mass is 527 g/mol. The normalized spacial score (nSPS) is 11.3. The van der Waals surface area contributed by atoms with Gasteiger partial charge < -0.3 is 4.74 Å². The van der Waals surface area contributed by atoms with Crippen LogP contribution in [0, 0.1) is 13.8 Å². The number of hydrogen-bond acceptors (Lipinski definition) is 5. The third kappa shape index (κ3) is 7.08. The average Bonchev–Trinajstić information content (AvgIpc) is 2.92. The molecule has 1 amide bonds. The Bertz CT molecular complexity index is 1500. The number of nitrogens with one attached hydrogen (secondary N) is 1. The molecule has 0 aliphatic heterocycles. The Kier molecular flexibility index (Phi) is 8.55. The number of nitrogens with zero attached hydrogens (tertiary/aromatic N) is 2. The van der Waals surface area contributed by atoms with Crippen molar-refractivity contribution in [3.05, 3.63) is 125 Å². The minimum absolute atomic E-state index is 0.107. The number of hydrogen-bond donors (Lipinski definition) is 1. The number of anilines is 1. The first kappa shape index (κ1) is 26.6. The van der Waals surface area contributed by atoms with Crippen LogP contribution < -0.4 is 14.5 Å².